The molecule has 57 heavy (non-hydrogen) atoms. The molecular formula is C52H47BN2OSi. The molecule has 0 unspecified atom stereocenters. The molecule has 278 valence electrons. The Morgan fingerprint density at radius 3 is 2.00 bits per heavy atom. The lowest BCUT2D eigenvalue weighted by molar-refractivity contribution is 0.590. The molecule has 8 aromatic rings. The van der Waals surface area contributed by atoms with E-state index in [1.165, 1.54) is 83.1 Å². The van der Waals surface area contributed by atoms with Crippen LogP contribution >= 0.6 is 0 Å². The molecule has 3 aliphatic heterocycles. The van der Waals surface area contributed by atoms with Crippen molar-refractivity contribution in [3.63, 3.8) is 0 Å². The van der Waals surface area contributed by atoms with Crippen LogP contribution in [0.25, 0.3) is 44.2 Å². The maximum atomic E-state index is 6.75. The van der Waals surface area contributed by atoms with E-state index >= 15 is 0 Å². The van der Waals surface area contributed by atoms with Gasteiger partial charge in [-0.05, 0) is 96.8 Å². The van der Waals surface area contributed by atoms with Crippen molar-refractivity contribution in [1.82, 2.24) is 0 Å². The first-order chi connectivity index (χ1) is 27.3. The van der Waals surface area contributed by atoms with Crippen LogP contribution in [0.3, 0.4) is 0 Å². The smallest absolute Gasteiger partial charge is 0.333 e. The van der Waals surface area contributed by atoms with Crippen molar-refractivity contribution in [2.45, 2.75) is 65.5 Å². The van der Waals surface area contributed by atoms with E-state index in [0.717, 1.165) is 21.9 Å². The first-order valence-electron chi connectivity index (χ1n) is 20.5. The number of para-hydroxylation sites is 3. The van der Waals surface area contributed by atoms with Gasteiger partial charge in [-0.3, -0.25) is 0 Å². The monoisotopic (exact) mass is 754 g/mol. The lowest BCUT2D eigenvalue weighted by Crippen LogP contribution is -2.68. The molecule has 0 radical (unpaired) electrons. The molecule has 0 amide bonds. The molecule has 0 aliphatic carbocycles. The summed E-state index contributed by atoms with van der Waals surface area (Å²) in [4.78, 5) is 5.32. The Kier molecular flexibility index (Phi) is 7.04. The summed E-state index contributed by atoms with van der Waals surface area (Å²) in [5, 5.41) is 5.28. The van der Waals surface area contributed by atoms with Crippen LogP contribution in [0.2, 0.25) is 13.1 Å². The van der Waals surface area contributed by atoms with Gasteiger partial charge in [-0.25, -0.2) is 0 Å². The minimum absolute atomic E-state index is 0.0136. The Morgan fingerprint density at radius 1 is 0.509 bits per heavy atom. The van der Waals surface area contributed by atoms with E-state index in [2.05, 4.69) is 204 Å². The Labute approximate surface area is 337 Å². The predicted octanol–water partition coefficient (Wildman–Crippen LogP) is 11.7. The second kappa shape index (κ2) is 11.6. The number of hydrogen-bond acceptors (Lipinski definition) is 3. The van der Waals surface area contributed by atoms with Crippen molar-refractivity contribution >= 4 is 86.6 Å². The fourth-order valence-electron chi connectivity index (χ4n) is 10.1. The fraction of sp³-hybridized carbons (Fsp3) is 0.192. The van der Waals surface area contributed by atoms with Crippen molar-refractivity contribution in [3.8, 4) is 22.3 Å². The van der Waals surface area contributed by atoms with Gasteiger partial charge in [-0.15, -0.1) is 0 Å². The molecular weight excluding hydrogens is 707 g/mol. The summed E-state index contributed by atoms with van der Waals surface area (Å²) in [7, 11) is -2.06. The standard InChI is InChI=1S/C52H47BN2OSi/c1-51(2,3)33-25-26-41(37(27-33)32-17-10-9-11-18-32)54-43-30-38-35-19-12-14-22-45(35)56-46(38)31-40(43)53-49-39(28-34(29-44(49)54)52(4,5)6)36-20-16-24-48-50(36)55(53)42-21-13-15-23-47(42)57(48,7)8/h9-31H,1-8H3. The summed E-state index contributed by atoms with van der Waals surface area (Å²) in [5.74, 6) is 0. The van der Waals surface area contributed by atoms with Gasteiger partial charge in [0.25, 0.3) is 0 Å². The van der Waals surface area contributed by atoms with Crippen molar-refractivity contribution in [3.05, 3.63) is 151 Å². The highest BCUT2D eigenvalue weighted by molar-refractivity contribution is 7.05. The highest BCUT2D eigenvalue weighted by atomic mass is 28.3. The van der Waals surface area contributed by atoms with E-state index in [1.807, 2.05) is 0 Å². The van der Waals surface area contributed by atoms with Crippen LogP contribution in [0, 0.1) is 0 Å². The quantitative estimate of drug-likeness (QED) is 0.164. The Morgan fingerprint density at radius 2 is 1.21 bits per heavy atom. The molecule has 3 nitrogen and oxygen atoms in total. The molecule has 11 rings (SSSR count). The highest BCUT2D eigenvalue weighted by Gasteiger charge is 2.51. The van der Waals surface area contributed by atoms with Crippen LogP contribution in [0.1, 0.15) is 52.7 Å². The maximum absolute atomic E-state index is 6.75. The largest absolute Gasteiger partial charge is 0.456 e. The third kappa shape index (κ3) is 4.85. The molecule has 3 aliphatic rings. The second-order valence-electron chi connectivity index (χ2n) is 19.0. The topological polar surface area (TPSA) is 19.6 Å². The molecule has 7 aromatic carbocycles. The Hall–Kier alpha value is -5.78. The van der Waals surface area contributed by atoms with Gasteiger partial charge in [0.05, 0.1) is 5.69 Å². The summed E-state index contributed by atoms with van der Waals surface area (Å²) in [5.41, 5.74) is 18.5. The summed E-state index contributed by atoms with van der Waals surface area (Å²) in [6.45, 7) is 19.0. The first-order valence-corrected chi connectivity index (χ1v) is 23.5. The van der Waals surface area contributed by atoms with Gasteiger partial charge in [0.15, 0.2) is 0 Å². The van der Waals surface area contributed by atoms with E-state index in [0.29, 0.717) is 0 Å². The normalized spacial score (nSPS) is 15.1. The third-order valence-corrected chi connectivity index (χ3v) is 16.6. The van der Waals surface area contributed by atoms with E-state index in [-0.39, 0.29) is 17.7 Å². The van der Waals surface area contributed by atoms with Crippen LogP contribution in [-0.2, 0) is 10.8 Å². The van der Waals surface area contributed by atoms with E-state index < -0.39 is 8.07 Å². The molecule has 0 bridgehead atoms. The average Bonchev–Trinajstić information content (AvgIpc) is 3.56. The molecule has 0 saturated carbocycles. The van der Waals surface area contributed by atoms with Crippen molar-refractivity contribution < 1.29 is 4.42 Å². The summed E-state index contributed by atoms with van der Waals surface area (Å²) in [6.07, 6.45) is 0. The summed E-state index contributed by atoms with van der Waals surface area (Å²) >= 11 is 0. The van der Waals surface area contributed by atoms with Gasteiger partial charge >= 0.3 is 6.85 Å². The Bertz CT molecular complexity index is 2980. The summed E-state index contributed by atoms with van der Waals surface area (Å²) in [6, 6.07) is 52.9. The first kappa shape index (κ1) is 34.5. The molecule has 5 heteroatoms. The van der Waals surface area contributed by atoms with Gasteiger partial charge in [0, 0.05) is 44.6 Å². The number of fused-ring (bicyclic) bond motifs is 9. The molecule has 0 saturated heterocycles. The highest BCUT2D eigenvalue weighted by Crippen LogP contribution is 2.51. The van der Waals surface area contributed by atoms with Gasteiger partial charge in [-0.1, -0.05) is 152 Å². The molecule has 0 atom stereocenters. The number of benzene rings is 7. The van der Waals surface area contributed by atoms with Gasteiger partial charge in [0.1, 0.15) is 19.2 Å². The zero-order valence-electron chi connectivity index (χ0n) is 34.2. The average molecular weight is 755 g/mol. The number of furan rings is 1. The van der Waals surface area contributed by atoms with Crippen molar-refractivity contribution in [2.75, 3.05) is 9.71 Å². The van der Waals surface area contributed by atoms with E-state index in [4.69, 9.17) is 4.42 Å². The number of hydrogen-bond donors (Lipinski definition) is 0. The van der Waals surface area contributed by atoms with E-state index in [9.17, 15) is 0 Å². The molecule has 4 heterocycles. The fourth-order valence-corrected chi connectivity index (χ4v) is 13.1. The lowest BCUT2D eigenvalue weighted by Gasteiger charge is -2.51. The van der Waals surface area contributed by atoms with Crippen LogP contribution in [-0.4, -0.2) is 14.9 Å². The maximum Gasteiger partial charge on any atom is 0.333 e. The zero-order valence-corrected chi connectivity index (χ0v) is 35.2. The van der Waals surface area contributed by atoms with Crippen LogP contribution in [0.5, 0.6) is 0 Å². The molecule has 0 fully saturated rings. The van der Waals surface area contributed by atoms with Crippen LogP contribution in [0.4, 0.5) is 28.4 Å². The molecule has 1 aromatic heterocycles. The number of anilines is 5. The summed E-state index contributed by atoms with van der Waals surface area (Å²) < 4.78 is 6.75. The Balaban J connectivity index is 1.33. The molecule has 0 spiro atoms. The van der Waals surface area contributed by atoms with Gasteiger partial charge in [0.2, 0.25) is 0 Å². The SMILES string of the molecule is CC(C)(C)c1ccc(N2c3cc4c(cc3B3c5c(cc(C(C)(C)C)cc52)-c2cccc5c2N3c2ccccc2[Si]5(C)C)oc2ccccc24)c(-c2ccccc2)c1. The van der Waals surface area contributed by atoms with Crippen LogP contribution in [0.15, 0.2) is 144 Å². The predicted molar refractivity (Wildman–Crippen MR) is 247 cm³/mol. The van der Waals surface area contributed by atoms with Gasteiger partial charge in [-0.2, -0.15) is 0 Å². The van der Waals surface area contributed by atoms with Gasteiger partial charge < -0.3 is 14.1 Å². The number of rotatable bonds is 2. The zero-order chi connectivity index (χ0) is 39.2. The lowest BCUT2D eigenvalue weighted by atomic mass is 9.43. The minimum Gasteiger partial charge on any atom is -0.456 e. The third-order valence-electron chi connectivity index (χ3n) is 13.1. The van der Waals surface area contributed by atoms with E-state index in [1.54, 1.807) is 0 Å². The van der Waals surface area contributed by atoms with Crippen molar-refractivity contribution in [2.24, 2.45) is 0 Å². The van der Waals surface area contributed by atoms with Crippen LogP contribution < -0.4 is 31.0 Å². The van der Waals surface area contributed by atoms with Crippen molar-refractivity contribution in [1.29, 1.82) is 0 Å². The minimum atomic E-state index is -2.06. The molecule has 0 N–H and O–H groups in total. The number of nitrogens with zero attached hydrogens (tertiary/aromatic N) is 2. The second-order valence-corrected chi connectivity index (χ2v) is 23.3.